The number of aromatic hydroxyl groups is 1. The van der Waals surface area contributed by atoms with Gasteiger partial charge in [0.05, 0.1) is 12.1 Å². The molecule has 0 unspecified atom stereocenters. The first-order valence-corrected chi connectivity index (χ1v) is 6.52. The number of phenols is 1. The van der Waals surface area contributed by atoms with Crippen LogP contribution < -0.4 is 0 Å². The lowest BCUT2D eigenvalue weighted by molar-refractivity contribution is 0.476. The quantitative estimate of drug-likeness (QED) is 0.803. The highest BCUT2D eigenvalue weighted by Crippen LogP contribution is 2.30. The number of benzene rings is 2. The number of phenolic OH excluding ortho intramolecular Hbond substituents is 1. The van der Waals surface area contributed by atoms with E-state index < -0.39 is 0 Å². The number of hydrogen-bond donors (Lipinski definition) is 1. The Bertz CT molecular complexity index is 725. The van der Waals surface area contributed by atoms with Crippen LogP contribution >= 0.6 is 11.6 Å². The van der Waals surface area contributed by atoms with E-state index in [-0.39, 0.29) is 5.75 Å². The highest BCUT2D eigenvalue weighted by molar-refractivity contribution is 6.30. The zero-order valence-electron chi connectivity index (χ0n) is 10.6. The third-order valence-electron chi connectivity index (χ3n) is 3.01. The van der Waals surface area contributed by atoms with Crippen LogP contribution in [0, 0.1) is 0 Å². The van der Waals surface area contributed by atoms with E-state index in [0.29, 0.717) is 23.0 Å². The molecule has 2 aromatic carbocycles. The molecule has 0 spiro atoms. The van der Waals surface area contributed by atoms with Crippen LogP contribution in [0.3, 0.4) is 0 Å². The van der Waals surface area contributed by atoms with Crippen molar-refractivity contribution in [2.45, 2.75) is 6.54 Å². The Morgan fingerprint density at radius 1 is 1.10 bits per heavy atom. The molecular weight excluding hydrogens is 274 g/mol. The van der Waals surface area contributed by atoms with Crippen molar-refractivity contribution in [1.29, 1.82) is 0 Å². The molecule has 1 N–H and O–H groups in total. The third kappa shape index (κ3) is 2.51. The molecule has 5 heteroatoms. The summed E-state index contributed by atoms with van der Waals surface area (Å²) < 4.78 is 1.88. The Labute approximate surface area is 121 Å². The van der Waals surface area contributed by atoms with Gasteiger partial charge in [0, 0.05) is 5.02 Å². The molecule has 100 valence electrons. The van der Waals surface area contributed by atoms with Crippen LogP contribution in [-0.2, 0) is 6.54 Å². The average Bonchev–Trinajstić information content (AvgIpc) is 2.91. The summed E-state index contributed by atoms with van der Waals surface area (Å²) in [5, 5.41) is 18.5. The van der Waals surface area contributed by atoms with Crippen LogP contribution in [-0.4, -0.2) is 19.9 Å². The van der Waals surface area contributed by atoms with Crippen LogP contribution in [0.15, 0.2) is 54.9 Å². The summed E-state index contributed by atoms with van der Waals surface area (Å²) >= 11 is 5.98. The van der Waals surface area contributed by atoms with E-state index in [1.807, 2.05) is 34.9 Å². The molecule has 0 saturated carbocycles. The van der Waals surface area contributed by atoms with Gasteiger partial charge in [-0.15, -0.1) is 10.2 Å². The molecule has 0 atom stereocenters. The van der Waals surface area contributed by atoms with Crippen LogP contribution in [0.1, 0.15) is 5.56 Å². The van der Waals surface area contributed by atoms with Crippen molar-refractivity contribution >= 4 is 11.6 Å². The molecule has 0 amide bonds. The van der Waals surface area contributed by atoms with Gasteiger partial charge in [-0.1, -0.05) is 41.9 Å². The summed E-state index contributed by atoms with van der Waals surface area (Å²) in [5.74, 6) is 0.727. The standard InChI is InChI=1S/C15H12ClN3O/c16-12-6-7-14(20)13(8-12)15-18-17-10-19(15)9-11-4-2-1-3-5-11/h1-8,10,20H,9H2. The number of aromatic nitrogens is 3. The lowest BCUT2D eigenvalue weighted by Crippen LogP contribution is -2.01. The minimum Gasteiger partial charge on any atom is -0.507 e. The summed E-state index contributed by atoms with van der Waals surface area (Å²) in [6, 6.07) is 14.9. The molecule has 3 rings (SSSR count). The maximum Gasteiger partial charge on any atom is 0.167 e. The Hall–Kier alpha value is -2.33. The van der Waals surface area contributed by atoms with Gasteiger partial charge in [-0.2, -0.15) is 0 Å². The third-order valence-corrected chi connectivity index (χ3v) is 3.25. The Morgan fingerprint density at radius 2 is 1.90 bits per heavy atom. The summed E-state index contributed by atoms with van der Waals surface area (Å²) in [6.45, 7) is 0.634. The zero-order valence-corrected chi connectivity index (χ0v) is 11.3. The van der Waals surface area contributed by atoms with Crippen molar-refractivity contribution in [1.82, 2.24) is 14.8 Å². The highest BCUT2D eigenvalue weighted by Gasteiger charge is 2.12. The van der Waals surface area contributed by atoms with Crippen molar-refractivity contribution < 1.29 is 5.11 Å². The van der Waals surface area contributed by atoms with E-state index >= 15 is 0 Å². The van der Waals surface area contributed by atoms with Gasteiger partial charge >= 0.3 is 0 Å². The van der Waals surface area contributed by atoms with E-state index in [1.165, 1.54) is 0 Å². The largest absolute Gasteiger partial charge is 0.507 e. The van der Waals surface area contributed by atoms with E-state index in [4.69, 9.17) is 11.6 Å². The predicted molar refractivity (Wildman–Crippen MR) is 77.7 cm³/mol. The summed E-state index contributed by atoms with van der Waals surface area (Å²) in [4.78, 5) is 0. The molecule has 0 radical (unpaired) electrons. The highest BCUT2D eigenvalue weighted by atomic mass is 35.5. The second-order valence-electron chi connectivity index (χ2n) is 4.43. The van der Waals surface area contributed by atoms with Gasteiger partial charge in [0.2, 0.25) is 0 Å². The number of nitrogens with zero attached hydrogens (tertiary/aromatic N) is 3. The Balaban J connectivity index is 2.00. The molecule has 20 heavy (non-hydrogen) atoms. The Kier molecular flexibility index (Phi) is 3.39. The van der Waals surface area contributed by atoms with Crippen molar-refractivity contribution in [2.24, 2.45) is 0 Å². The minimum absolute atomic E-state index is 0.136. The van der Waals surface area contributed by atoms with Crippen molar-refractivity contribution in [3.8, 4) is 17.1 Å². The molecular formula is C15H12ClN3O. The van der Waals surface area contributed by atoms with Crippen molar-refractivity contribution in [2.75, 3.05) is 0 Å². The van der Waals surface area contributed by atoms with E-state index in [0.717, 1.165) is 5.56 Å². The Morgan fingerprint density at radius 3 is 2.70 bits per heavy atom. The number of rotatable bonds is 3. The van der Waals surface area contributed by atoms with Gasteiger partial charge in [0.15, 0.2) is 5.82 Å². The molecule has 0 aliphatic rings. The smallest absolute Gasteiger partial charge is 0.167 e. The van der Waals surface area contributed by atoms with E-state index in [2.05, 4.69) is 10.2 Å². The predicted octanol–water partition coefficient (Wildman–Crippen LogP) is 3.35. The van der Waals surface area contributed by atoms with Crippen LogP contribution in [0.4, 0.5) is 0 Å². The topological polar surface area (TPSA) is 50.9 Å². The fourth-order valence-corrected chi connectivity index (χ4v) is 2.22. The lowest BCUT2D eigenvalue weighted by atomic mass is 10.1. The van der Waals surface area contributed by atoms with Gasteiger partial charge in [-0.3, -0.25) is 0 Å². The van der Waals surface area contributed by atoms with E-state index in [1.54, 1.807) is 24.5 Å². The monoisotopic (exact) mass is 285 g/mol. The molecule has 0 aliphatic heterocycles. The van der Waals surface area contributed by atoms with E-state index in [9.17, 15) is 5.11 Å². The molecule has 0 fully saturated rings. The van der Waals surface area contributed by atoms with Gasteiger partial charge < -0.3 is 9.67 Å². The van der Waals surface area contributed by atoms with Crippen LogP contribution in [0.2, 0.25) is 5.02 Å². The molecule has 1 heterocycles. The zero-order chi connectivity index (χ0) is 13.9. The summed E-state index contributed by atoms with van der Waals surface area (Å²) in [7, 11) is 0. The van der Waals surface area contributed by atoms with Gasteiger partial charge in [0.1, 0.15) is 12.1 Å². The first kappa shape index (κ1) is 12.7. The SMILES string of the molecule is Oc1ccc(Cl)cc1-c1nncn1Cc1ccccc1. The average molecular weight is 286 g/mol. The second-order valence-corrected chi connectivity index (χ2v) is 4.87. The van der Waals surface area contributed by atoms with Crippen LogP contribution in [0.5, 0.6) is 5.75 Å². The normalized spacial score (nSPS) is 10.7. The summed E-state index contributed by atoms with van der Waals surface area (Å²) in [6.07, 6.45) is 1.64. The van der Waals surface area contributed by atoms with Gasteiger partial charge in [-0.05, 0) is 23.8 Å². The first-order chi connectivity index (χ1) is 9.74. The summed E-state index contributed by atoms with van der Waals surface area (Å²) in [5.41, 5.74) is 1.71. The van der Waals surface area contributed by atoms with Crippen molar-refractivity contribution in [3.63, 3.8) is 0 Å². The second kappa shape index (κ2) is 5.35. The lowest BCUT2D eigenvalue weighted by Gasteiger charge is -2.08. The molecule has 0 bridgehead atoms. The number of halogens is 1. The molecule has 0 saturated heterocycles. The molecule has 0 aliphatic carbocycles. The van der Waals surface area contributed by atoms with Crippen molar-refractivity contribution in [3.05, 3.63) is 65.4 Å². The van der Waals surface area contributed by atoms with Crippen LogP contribution in [0.25, 0.3) is 11.4 Å². The number of hydrogen-bond acceptors (Lipinski definition) is 3. The van der Waals surface area contributed by atoms with Gasteiger partial charge in [-0.25, -0.2) is 0 Å². The minimum atomic E-state index is 0.136. The first-order valence-electron chi connectivity index (χ1n) is 6.14. The van der Waals surface area contributed by atoms with Gasteiger partial charge in [0.25, 0.3) is 0 Å². The maximum absolute atomic E-state index is 9.96. The molecule has 4 nitrogen and oxygen atoms in total. The maximum atomic E-state index is 9.96. The fourth-order valence-electron chi connectivity index (χ4n) is 2.05. The fraction of sp³-hybridized carbons (Fsp3) is 0.0667. The molecule has 1 aromatic heterocycles. The molecule has 3 aromatic rings.